The van der Waals surface area contributed by atoms with Gasteiger partial charge < -0.3 is 10.2 Å². The van der Waals surface area contributed by atoms with Gasteiger partial charge in [-0.3, -0.25) is 14.2 Å². The highest BCUT2D eigenvalue weighted by Crippen LogP contribution is 2.24. The van der Waals surface area contributed by atoms with Gasteiger partial charge in [-0.25, -0.2) is 8.42 Å². The van der Waals surface area contributed by atoms with Gasteiger partial charge in [0.05, 0.1) is 34.0 Å². The zero-order valence-electron chi connectivity index (χ0n) is 18.0. The standard InChI is InChI=1S/C22H26ClN5O3S/c1-3-27(4-2)12-13-28-16-18(15-24-28)25-22(29)17-8-7-9-19(14-17)32(30,31)26-21-11-6-5-10-20(21)23/h5-11,14-16,26H,3-4,12-13H2,1-2H3,(H,25,29). The topological polar surface area (TPSA) is 96.3 Å². The third-order valence-electron chi connectivity index (χ3n) is 4.96. The lowest BCUT2D eigenvalue weighted by Crippen LogP contribution is -2.27. The van der Waals surface area contributed by atoms with Crippen LogP contribution in [0.4, 0.5) is 11.4 Å². The minimum absolute atomic E-state index is 0.0417. The highest BCUT2D eigenvalue weighted by molar-refractivity contribution is 7.92. The smallest absolute Gasteiger partial charge is 0.261 e. The van der Waals surface area contributed by atoms with Gasteiger partial charge in [-0.2, -0.15) is 5.10 Å². The number of likely N-dealkylation sites (N-methyl/N-ethyl adjacent to an activating group) is 1. The maximum absolute atomic E-state index is 12.7. The van der Waals surface area contributed by atoms with Crippen LogP contribution >= 0.6 is 11.6 Å². The zero-order valence-corrected chi connectivity index (χ0v) is 19.5. The summed E-state index contributed by atoms with van der Waals surface area (Å²) in [7, 11) is -3.92. The molecule has 8 nitrogen and oxygen atoms in total. The van der Waals surface area contributed by atoms with Crippen molar-refractivity contribution >= 4 is 38.9 Å². The van der Waals surface area contributed by atoms with Gasteiger partial charge in [0.25, 0.3) is 15.9 Å². The molecule has 0 atom stereocenters. The van der Waals surface area contributed by atoms with Crippen LogP contribution in [0.2, 0.25) is 5.02 Å². The Morgan fingerprint density at radius 2 is 1.88 bits per heavy atom. The first-order chi connectivity index (χ1) is 15.3. The first kappa shape index (κ1) is 23.8. The molecule has 0 saturated heterocycles. The minimum Gasteiger partial charge on any atom is -0.319 e. The molecule has 1 amide bonds. The Morgan fingerprint density at radius 1 is 1.12 bits per heavy atom. The molecule has 2 aromatic carbocycles. The van der Waals surface area contributed by atoms with Gasteiger partial charge in [0.15, 0.2) is 0 Å². The molecule has 0 aliphatic rings. The highest BCUT2D eigenvalue weighted by Gasteiger charge is 2.18. The van der Waals surface area contributed by atoms with Crippen molar-refractivity contribution in [3.05, 3.63) is 71.5 Å². The van der Waals surface area contributed by atoms with Crippen LogP contribution in [0.3, 0.4) is 0 Å². The van der Waals surface area contributed by atoms with E-state index in [2.05, 4.69) is 33.9 Å². The summed E-state index contributed by atoms with van der Waals surface area (Å²) in [6.07, 6.45) is 3.32. The quantitative estimate of drug-likeness (QED) is 0.463. The van der Waals surface area contributed by atoms with Gasteiger partial charge in [-0.15, -0.1) is 0 Å². The van der Waals surface area contributed by atoms with E-state index in [0.717, 1.165) is 19.6 Å². The number of para-hydroxylation sites is 1. The van der Waals surface area contributed by atoms with Crippen molar-refractivity contribution in [1.29, 1.82) is 0 Å². The van der Waals surface area contributed by atoms with Crippen LogP contribution in [-0.4, -0.2) is 48.6 Å². The van der Waals surface area contributed by atoms with Gasteiger partial charge in [0.1, 0.15) is 0 Å². The number of nitrogens with zero attached hydrogens (tertiary/aromatic N) is 3. The molecule has 32 heavy (non-hydrogen) atoms. The molecule has 0 fully saturated rings. The molecular formula is C22H26ClN5O3S. The van der Waals surface area contributed by atoms with Crippen molar-refractivity contribution in [3.63, 3.8) is 0 Å². The summed E-state index contributed by atoms with van der Waals surface area (Å²) in [6, 6.07) is 12.3. The monoisotopic (exact) mass is 475 g/mol. The fraction of sp³-hybridized carbons (Fsp3) is 0.273. The number of rotatable bonds is 10. The summed E-state index contributed by atoms with van der Waals surface area (Å²) in [4.78, 5) is 14.9. The van der Waals surface area contributed by atoms with Gasteiger partial charge in [-0.1, -0.05) is 43.6 Å². The van der Waals surface area contributed by atoms with E-state index in [4.69, 9.17) is 11.6 Å². The molecule has 3 aromatic rings. The number of aromatic nitrogens is 2. The third-order valence-corrected chi connectivity index (χ3v) is 6.65. The van der Waals surface area contributed by atoms with Crippen LogP contribution in [0.25, 0.3) is 0 Å². The van der Waals surface area contributed by atoms with Crippen LogP contribution in [0, 0.1) is 0 Å². The Bertz CT molecular complexity index is 1180. The van der Waals surface area contributed by atoms with Gasteiger partial charge in [0.2, 0.25) is 0 Å². The van der Waals surface area contributed by atoms with Crippen LogP contribution in [-0.2, 0) is 16.6 Å². The fourth-order valence-corrected chi connectivity index (χ4v) is 4.45. The maximum Gasteiger partial charge on any atom is 0.261 e. The van der Waals surface area contributed by atoms with Crippen molar-refractivity contribution < 1.29 is 13.2 Å². The second-order valence-electron chi connectivity index (χ2n) is 7.09. The lowest BCUT2D eigenvalue weighted by molar-refractivity contribution is 0.102. The maximum atomic E-state index is 12.7. The van der Waals surface area contributed by atoms with E-state index in [9.17, 15) is 13.2 Å². The van der Waals surface area contributed by atoms with E-state index >= 15 is 0 Å². The van der Waals surface area contributed by atoms with Gasteiger partial charge >= 0.3 is 0 Å². The fourth-order valence-electron chi connectivity index (χ4n) is 3.09. The molecule has 0 saturated carbocycles. The predicted octanol–water partition coefficient (Wildman–Crippen LogP) is 3.93. The van der Waals surface area contributed by atoms with Gasteiger partial charge in [-0.05, 0) is 43.4 Å². The highest BCUT2D eigenvalue weighted by atomic mass is 35.5. The number of hydrogen-bond donors (Lipinski definition) is 2. The molecule has 0 aliphatic carbocycles. The average Bonchev–Trinajstić information content (AvgIpc) is 3.23. The molecule has 0 bridgehead atoms. The molecule has 0 radical (unpaired) electrons. The van der Waals surface area contributed by atoms with Crippen molar-refractivity contribution in [2.45, 2.75) is 25.3 Å². The van der Waals surface area contributed by atoms with Crippen LogP contribution in [0.1, 0.15) is 24.2 Å². The summed E-state index contributed by atoms with van der Waals surface area (Å²) in [6.45, 7) is 7.71. The molecule has 3 rings (SSSR count). The number of carbonyl (C=O) groups excluding carboxylic acids is 1. The Morgan fingerprint density at radius 3 is 2.59 bits per heavy atom. The summed E-state index contributed by atoms with van der Waals surface area (Å²) < 4.78 is 29.7. The first-order valence-electron chi connectivity index (χ1n) is 10.3. The van der Waals surface area contributed by atoms with Crippen LogP contribution < -0.4 is 10.0 Å². The largest absolute Gasteiger partial charge is 0.319 e. The van der Waals surface area contributed by atoms with E-state index in [0.29, 0.717) is 12.2 Å². The molecular weight excluding hydrogens is 450 g/mol. The Kier molecular flexibility index (Phi) is 7.89. The van der Waals surface area contributed by atoms with Crippen molar-refractivity contribution in [2.24, 2.45) is 0 Å². The minimum atomic E-state index is -3.92. The number of carbonyl (C=O) groups is 1. The van der Waals surface area contributed by atoms with E-state index in [-0.39, 0.29) is 21.2 Å². The van der Waals surface area contributed by atoms with Crippen LogP contribution in [0.5, 0.6) is 0 Å². The molecule has 2 N–H and O–H groups in total. The van der Waals surface area contributed by atoms with E-state index in [1.807, 2.05) is 0 Å². The normalized spacial score (nSPS) is 11.5. The SMILES string of the molecule is CCN(CC)CCn1cc(NC(=O)c2cccc(S(=O)(=O)Nc3ccccc3Cl)c2)cn1. The number of benzene rings is 2. The molecule has 1 heterocycles. The van der Waals surface area contributed by atoms with E-state index in [1.165, 1.54) is 18.2 Å². The lowest BCUT2D eigenvalue weighted by Gasteiger charge is -2.17. The first-order valence-corrected chi connectivity index (χ1v) is 12.1. The van der Waals surface area contributed by atoms with E-state index in [1.54, 1.807) is 47.4 Å². The summed E-state index contributed by atoms with van der Waals surface area (Å²) in [5, 5.41) is 7.31. The second-order valence-corrected chi connectivity index (χ2v) is 9.18. The number of anilines is 2. The van der Waals surface area contributed by atoms with Crippen LogP contribution in [0.15, 0.2) is 65.8 Å². The van der Waals surface area contributed by atoms with Crippen molar-refractivity contribution in [1.82, 2.24) is 14.7 Å². The Balaban J connectivity index is 1.69. The van der Waals surface area contributed by atoms with E-state index < -0.39 is 15.9 Å². The number of halogens is 1. The Hall–Kier alpha value is -2.88. The number of sulfonamides is 1. The van der Waals surface area contributed by atoms with Crippen molar-refractivity contribution in [3.8, 4) is 0 Å². The summed E-state index contributed by atoms with van der Waals surface area (Å²) in [5.41, 5.74) is 1.01. The summed E-state index contributed by atoms with van der Waals surface area (Å²) in [5.74, 6) is -0.428. The molecule has 0 spiro atoms. The molecule has 1 aromatic heterocycles. The summed E-state index contributed by atoms with van der Waals surface area (Å²) >= 11 is 6.05. The zero-order chi connectivity index (χ0) is 23.1. The lowest BCUT2D eigenvalue weighted by atomic mass is 10.2. The molecule has 10 heteroatoms. The Labute approximate surface area is 193 Å². The molecule has 170 valence electrons. The average molecular weight is 476 g/mol. The third kappa shape index (κ3) is 6.09. The molecule has 0 unspecified atom stereocenters. The number of amides is 1. The number of nitrogens with one attached hydrogen (secondary N) is 2. The van der Waals surface area contributed by atoms with Gasteiger partial charge in [0, 0.05) is 18.3 Å². The second kappa shape index (κ2) is 10.6. The number of hydrogen-bond acceptors (Lipinski definition) is 5. The van der Waals surface area contributed by atoms with Crippen molar-refractivity contribution in [2.75, 3.05) is 29.7 Å². The molecule has 0 aliphatic heterocycles. The predicted molar refractivity (Wildman–Crippen MR) is 127 cm³/mol.